The number of carbonyl (C=O) groups is 2. The van der Waals surface area contributed by atoms with Gasteiger partial charge in [-0.05, 0) is 30.3 Å². The summed E-state index contributed by atoms with van der Waals surface area (Å²) in [6.45, 7) is 0. The first-order chi connectivity index (χ1) is 9.61. The van der Waals surface area contributed by atoms with Crippen molar-refractivity contribution >= 4 is 11.9 Å². The summed E-state index contributed by atoms with van der Waals surface area (Å²) in [4.78, 5) is 22.8. The van der Waals surface area contributed by atoms with Crippen molar-refractivity contribution in [2.24, 2.45) is 0 Å². The van der Waals surface area contributed by atoms with E-state index in [0.717, 1.165) is 0 Å². The number of aromatic carboxylic acids is 1. The second-order valence-electron chi connectivity index (χ2n) is 4.01. The van der Waals surface area contributed by atoms with Crippen LogP contribution in [-0.2, 0) is 0 Å². The first kappa shape index (κ1) is 13.6. The molecular weight excluding hydrogens is 258 g/mol. The molecule has 5 nitrogen and oxygen atoms in total. The van der Waals surface area contributed by atoms with Crippen molar-refractivity contribution in [3.63, 3.8) is 0 Å². The Morgan fingerprint density at radius 1 is 1.00 bits per heavy atom. The van der Waals surface area contributed by atoms with E-state index in [1.807, 2.05) is 18.2 Å². The second kappa shape index (κ2) is 5.88. The first-order valence-corrected chi connectivity index (χ1v) is 5.94. The van der Waals surface area contributed by atoms with Gasteiger partial charge < -0.3 is 15.2 Å². The molecule has 102 valence electrons. The van der Waals surface area contributed by atoms with Gasteiger partial charge in [-0.3, -0.25) is 4.79 Å². The molecular formula is C15H13NO4. The van der Waals surface area contributed by atoms with Gasteiger partial charge in [-0.15, -0.1) is 0 Å². The van der Waals surface area contributed by atoms with Crippen LogP contribution in [0.3, 0.4) is 0 Å². The summed E-state index contributed by atoms with van der Waals surface area (Å²) in [6.07, 6.45) is 0. The number of hydrogen-bond acceptors (Lipinski definition) is 3. The van der Waals surface area contributed by atoms with E-state index in [1.54, 1.807) is 12.1 Å². The van der Waals surface area contributed by atoms with Crippen LogP contribution < -0.4 is 10.1 Å². The third-order valence-corrected chi connectivity index (χ3v) is 2.67. The quantitative estimate of drug-likeness (QED) is 0.896. The van der Waals surface area contributed by atoms with Crippen molar-refractivity contribution in [3.8, 4) is 11.5 Å². The van der Waals surface area contributed by atoms with Gasteiger partial charge in [-0.1, -0.05) is 18.2 Å². The van der Waals surface area contributed by atoms with Crippen molar-refractivity contribution in [1.29, 1.82) is 0 Å². The molecule has 2 rings (SSSR count). The summed E-state index contributed by atoms with van der Waals surface area (Å²) in [5.74, 6) is -0.617. The Morgan fingerprint density at radius 2 is 1.70 bits per heavy atom. The van der Waals surface area contributed by atoms with Gasteiger partial charge in [-0.25, -0.2) is 4.79 Å². The highest BCUT2D eigenvalue weighted by Crippen LogP contribution is 2.24. The lowest BCUT2D eigenvalue weighted by molar-refractivity contribution is 0.0691. The molecule has 0 aliphatic rings. The van der Waals surface area contributed by atoms with Crippen molar-refractivity contribution in [3.05, 3.63) is 59.7 Å². The van der Waals surface area contributed by atoms with E-state index in [4.69, 9.17) is 9.84 Å². The molecule has 0 heterocycles. The number of benzene rings is 2. The van der Waals surface area contributed by atoms with Crippen LogP contribution >= 0.6 is 0 Å². The zero-order valence-corrected chi connectivity index (χ0v) is 10.8. The molecule has 0 fully saturated rings. The van der Waals surface area contributed by atoms with Crippen LogP contribution in [0.5, 0.6) is 11.5 Å². The van der Waals surface area contributed by atoms with Crippen LogP contribution in [0.4, 0.5) is 0 Å². The summed E-state index contributed by atoms with van der Waals surface area (Å²) in [6, 6.07) is 13.3. The maximum atomic E-state index is 11.7. The Hall–Kier alpha value is -2.82. The Morgan fingerprint density at radius 3 is 2.30 bits per heavy atom. The van der Waals surface area contributed by atoms with Crippen molar-refractivity contribution in [2.75, 3.05) is 7.05 Å². The van der Waals surface area contributed by atoms with Gasteiger partial charge in [0.05, 0.1) is 11.1 Å². The lowest BCUT2D eigenvalue weighted by Crippen LogP contribution is -2.21. The zero-order valence-electron chi connectivity index (χ0n) is 10.8. The van der Waals surface area contributed by atoms with Gasteiger partial charge >= 0.3 is 5.97 Å². The van der Waals surface area contributed by atoms with E-state index in [1.165, 1.54) is 25.2 Å². The molecule has 20 heavy (non-hydrogen) atoms. The molecule has 2 aromatic carbocycles. The molecule has 0 aromatic heterocycles. The van der Waals surface area contributed by atoms with Gasteiger partial charge in [0.15, 0.2) is 0 Å². The molecule has 0 aliphatic carbocycles. The number of ether oxygens (including phenoxy) is 1. The van der Waals surface area contributed by atoms with E-state index in [0.29, 0.717) is 11.5 Å². The van der Waals surface area contributed by atoms with Crippen LogP contribution in [-0.4, -0.2) is 24.0 Å². The van der Waals surface area contributed by atoms with E-state index in [-0.39, 0.29) is 11.1 Å². The van der Waals surface area contributed by atoms with Gasteiger partial charge in [-0.2, -0.15) is 0 Å². The van der Waals surface area contributed by atoms with Crippen LogP contribution in [0, 0.1) is 0 Å². The number of nitrogens with one attached hydrogen (secondary N) is 1. The summed E-state index contributed by atoms with van der Waals surface area (Å²) in [5.41, 5.74) is -0.00167. The highest BCUT2D eigenvalue weighted by molar-refractivity contribution is 6.05. The van der Waals surface area contributed by atoms with Gasteiger partial charge in [0.2, 0.25) is 0 Å². The molecule has 0 unspecified atom stereocenters. The Bertz CT molecular complexity index is 638. The zero-order chi connectivity index (χ0) is 14.5. The van der Waals surface area contributed by atoms with E-state index >= 15 is 0 Å². The summed E-state index contributed by atoms with van der Waals surface area (Å²) >= 11 is 0. The van der Waals surface area contributed by atoms with Gasteiger partial charge in [0.25, 0.3) is 5.91 Å². The van der Waals surface area contributed by atoms with Crippen molar-refractivity contribution < 1.29 is 19.4 Å². The maximum Gasteiger partial charge on any atom is 0.336 e. The number of amides is 1. The molecule has 0 aliphatic heterocycles. The number of carboxylic acid groups (broad SMARTS) is 1. The predicted molar refractivity (Wildman–Crippen MR) is 73.3 cm³/mol. The molecule has 0 atom stereocenters. The fourth-order valence-electron chi connectivity index (χ4n) is 1.72. The maximum absolute atomic E-state index is 11.7. The Kier molecular flexibility index (Phi) is 4.00. The first-order valence-electron chi connectivity index (χ1n) is 5.94. The fourth-order valence-corrected chi connectivity index (χ4v) is 1.72. The SMILES string of the molecule is CNC(=O)c1cc(Oc2ccccc2)ccc1C(=O)O. The Labute approximate surface area is 115 Å². The second-order valence-corrected chi connectivity index (χ2v) is 4.01. The fraction of sp³-hybridized carbons (Fsp3) is 0.0667. The van der Waals surface area contributed by atoms with Crippen LogP contribution in [0.2, 0.25) is 0 Å². The summed E-state index contributed by atoms with van der Waals surface area (Å²) < 4.78 is 5.58. The number of rotatable bonds is 4. The number of para-hydroxylation sites is 1. The van der Waals surface area contributed by atoms with Crippen LogP contribution in [0.25, 0.3) is 0 Å². The lowest BCUT2D eigenvalue weighted by atomic mass is 10.1. The molecule has 2 N–H and O–H groups in total. The number of hydrogen-bond donors (Lipinski definition) is 2. The minimum Gasteiger partial charge on any atom is -0.478 e. The van der Waals surface area contributed by atoms with Gasteiger partial charge in [0, 0.05) is 7.05 Å². The molecule has 0 saturated heterocycles. The smallest absolute Gasteiger partial charge is 0.336 e. The highest BCUT2D eigenvalue weighted by Gasteiger charge is 2.16. The van der Waals surface area contributed by atoms with Gasteiger partial charge in [0.1, 0.15) is 11.5 Å². The summed E-state index contributed by atoms with van der Waals surface area (Å²) in [5, 5.41) is 11.5. The number of carbonyl (C=O) groups excluding carboxylic acids is 1. The molecule has 0 radical (unpaired) electrons. The lowest BCUT2D eigenvalue weighted by Gasteiger charge is -2.09. The van der Waals surface area contributed by atoms with Crippen molar-refractivity contribution in [1.82, 2.24) is 5.32 Å². The molecule has 0 spiro atoms. The van der Waals surface area contributed by atoms with Crippen LogP contribution in [0.15, 0.2) is 48.5 Å². The number of carboxylic acids is 1. The monoisotopic (exact) mass is 271 g/mol. The molecule has 0 bridgehead atoms. The highest BCUT2D eigenvalue weighted by atomic mass is 16.5. The van der Waals surface area contributed by atoms with E-state index < -0.39 is 11.9 Å². The molecule has 5 heteroatoms. The predicted octanol–water partition coefficient (Wildman–Crippen LogP) is 2.54. The third kappa shape index (κ3) is 2.95. The normalized spacial score (nSPS) is 9.85. The van der Waals surface area contributed by atoms with Crippen molar-refractivity contribution in [2.45, 2.75) is 0 Å². The molecule has 2 aromatic rings. The standard InChI is InChI=1S/C15H13NO4/c1-16-14(17)13-9-11(7-8-12(13)15(18)19)20-10-5-3-2-4-6-10/h2-9H,1H3,(H,16,17)(H,18,19). The summed E-state index contributed by atoms with van der Waals surface area (Å²) in [7, 11) is 1.44. The average molecular weight is 271 g/mol. The average Bonchev–Trinajstić information content (AvgIpc) is 2.47. The van der Waals surface area contributed by atoms with E-state index in [9.17, 15) is 9.59 Å². The molecule has 0 saturated carbocycles. The van der Waals surface area contributed by atoms with E-state index in [2.05, 4.69) is 5.32 Å². The third-order valence-electron chi connectivity index (χ3n) is 2.67. The topological polar surface area (TPSA) is 75.6 Å². The van der Waals surface area contributed by atoms with Crippen LogP contribution in [0.1, 0.15) is 20.7 Å². The Balaban J connectivity index is 2.37. The molecule has 1 amide bonds. The largest absolute Gasteiger partial charge is 0.478 e. The minimum atomic E-state index is -1.16. The minimum absolute atomic E-state index is 0.0634.